The fourth-order valence-electron chi connectivity index (χ4n) is 2.63. The van der Waals surface area contributed by atoms with E-state index in [9.17, 15) is 9.59 Å². The van der Waals surface area contributed by atoms with E-state index in [-0.39, 0.29) is 5.91 Å². The molecular weight excluding hydrogens is 314 g/mol. The fraction of sp³-hybridized carbons (Fsp3) is 0.300. The molecule has 0 radical (unpaired) electrons. The van der Waals surface area contributed by atoms with Gasteiger partial charge in [-0.15, -0.1) is 0 Å². The lowest BCUT2D eigenvalue weighted by Crippen LogP contribution is -3.08. The van der Waals surface area contributed by atoms with Gasteiger partial charge in [0.2, 0.25) is 5.91 Å². The number of carbonyl (C=O) groups excluding carboxylic acids is 2. The highest BCUT2D eigenvalue weighted by atomic mass is 16.2. The Bertz CT molecular complexity index is 722. The Labute approximate surface area is 148 Å². The van der Waals surface area contributed by atoms with Crippen molar-refractivity contribution < 1.29 is 14.5 Å². The summed E-state index contributed by atoms with van der Waals surface area (Å²) in [7, 11) is 1.99. The summed E-state index contributed by atoms with van der Waals surface area (Å²) in [6.07, 6.45) is 0. The number of rotatable bonds is 7. The maximum atomic E-state index is 12.2. The Morgan fingerprint density at radius 2 is 1.64 bits per heavy atom. The molecule has 1 unspecified atom stereocenters. The number of amides is 2. The number of primary amides is 1. The van der Waals surface area contributed by atoms with Crippen molar-refractivity contribution in [3.63, 3.8) is 0 Å². The van der Waals surface area contributed by atoms with Gasteiger partial charge in [0.1, 0.15) is 6.54 Å². The summed E-state index contributed by atoms with van der Waals surface area (Å²) < 4.78 is 0. The van der Waals surface area contributed by atoms with Crippen LogP contribution in [0, 0.1) is 0 Å². The number of nitrogens with one attached hydrogen (secondary N) is 2. The van der Waals surface area contributed by atoms with Gasteiger partial charge < -0.3 is 16.0 Å². The van der Waals surface area contributed by atoms with Gasteiger partial charge in [-0.25, -0.2) is 0 Å². The number of likely N-dealkylation sites (N-methyl/N-ethyl adjacent to an activating group) is 1. The second-order valence-electron chi connectivity index (χ2n) is 6.70. The van der Waals surface area contributed by atoms with Crippen molar-refractivity contribution in [3.8, 4) is 0 Å². The Hall–Kier alpha value is -2.66. The quantitative estimate of drug-likeness (QED) is 0.715. The summed E-state index contributed by atoms with van der Waals surface area (Å²) in [6, 6.07) is 15.1. The highest BCUT2D eigenvalue weighted by Gasteiger charge is 2.11. The summed E-state index contributed by atoms with van der Waals surface area (Å²) in [5.41, 5.74) is 8.81. The van der Waals surface area contributed by atoms with E-state index in [1.54, 1.807) is 24.3 Å². The molecule has 1 atom stereocenters. The minimum Gasteiger partial charge on any atom is -0.366 e. The van der Waals surface area contributed by atoms with Crippen LogP contribution in [0.1, 0.15) is 41.3 Å². The van der Waals surface area contributed by atoms with Crippen LogP contribution >= 0.6 is 0 Å². The lowest BCUT2D eigenvalue weighted by Gasteiger charge is -2.14. The van der Waals surface area contributed by atoms with Crippen LogP contribution in [-0.4, -0.2) is 25.4 Å². The van der Waals surface area contributed by atoms with Crippen LogP contribution in [0.4, 0.5) is 5.69 Å². The van der Waals surface area contributed by atoms with Gasteiger partial charge in [-0.2, -0.15) is 0 Å². The molecule has 0 aromatic heterocycles. The second-order valence-corrected chi connectivity index (χ2v) is 6.70. The molecule has 0 saturated heterocycles. The Morgan fingerprint density at radius 1 is 1.04 bits per heavy atom. The summed E-state index contributed by atoms with van der Waals surface area (Å²) in [5.74, 6) is -0.0282. The van der Waals surface area contributed by atoms with Crippen molar-refractivity contribution in [3.05, 3.63) is 65.2 Å². The fourth-order valence-corrected chi connectivity index (χ4v) is 2.63. The maximum Gasteiger partial charge on any atom is 0.279 e. The van der Waals surface area contributed by atoms with Crippen LogP contribution in [0.15, 0.2) is 48.5 Å². The van der Waals surface area contributed by atoms with Crippen LogP contribution in [0.25, 0.3) is 0 Å². The number of quaternary nitrogens is 1. The van der Waals surface area contributed by atoms with Gasteiger partial charge in [0.05, 0.1) is 7.05 Å². The third-order valence-electron chi connectivity index (χ3n) is 4.07. The van der Waals surface area contributed by atoms with Crippen molar-refractivity contribution >= 4 is 17.5 Å². The molecule has 2 aromatic carbocycles. The van der Waals surface area contributed by atoms with Crippen molar-refractivity contribution in [1.82, 2.24) is 0 Å². The summed E-state index contributed by atoms with van der Waals surface area (Å²) in [5, 5.41) is 2.84. The normalized spacial score (nSPS) is 12.0. The third kappa shape index (κ3) is 5.72. The molecule has 0 bridgehead atoms. The molecule has 4 N–H and O–H groups in total. The van der Waals surface area contributed by atoms with E-state index in [0.29, 0.717) is 23.7 Å². The first-order chi connectivity index (χ1) is 11.8. The van der Waals surface area contributed by atoms with Crippen LogP contribution in [0.5, 0.6) is 0 Å². The Morgan fingerprint density at radius 3 is 2.16 bits per heavy atom. The van der Waals surface area contributed by atoms with Crippen molar-refractivity contribution in [2.45, 2.75) is 26.3 Å². The van der Waals surface area contributed by atoms with E-state index >= 15 is 0 Å². The van der Waals surface area contributed by atoms with Gasteiger partial charge in [0.15, 0.2) is 6.54 Å². The zero-order valence-corrected chi connectivity index (χ0v) is 15.0. The van der Waals surface area contributed by atoms with Crippen molar-refractivity contribution in [2.75, 3.05) is 18.9 Å². The zero-order valence-electron chi connectivity index (χ0n) is 15.0. The molecule has 0 aliphatic heterocycles. The average molecular weight is 340 g/mol. The molecule has 0 aliphatic carbocycles. The highest BCUT2D eigenvalue weighted by Crippen LogP contribution is 2.14. The largest absolute Gasteiger partial charge is 0.366 e. The first-order valence-electron chi connectivity index (χ1n) is 8.45. The van der Waals surface area contributed by atoms with E-state index in [2.05, 4.69) is 43.4 Å². The molecule has 2 rings (SSSR count). The molecule has 2 amide bonds. The summed E-state index contributed by atoms with van der Waals surface area (Å²) >= 11 is 0. The molecule has 25 heavy (non-hydrogen) atoms. The van der Waals surface area contributed by atoms with Gasteiger partial charge in [0.25, 0.3) is 5.91 Å². The van der Waals surface area contributed by atoms with Crippen LogP contribution in [0.3, 0.4) is 0 Å². The molecule has 132 valence electrons. The molecule has 5 heteroatoms. The van der Waals surface area contributed by atoms with Gasteiger partial charge >= 0.3 is 0 Å². The minimum absolute atomic E-state index is 0.0666. The monoisotopic (exact) mass is 340 g/mol. The number of anilines is 1. The maximum absolute atomic E-state index is 12.2. The minimum atomic E-state index is -0.481. The molecule has 0 fully saturated rings. The summed E-state index contributed by atoms with van der Waals surface area (Å²) in [4.78, 5) is 24.3. The van der Waals surface area contributed by atoms with E-state index < -0.39 is 5.91 Å². The molecule has 2 aromatic rings. The summed E-state index contributed by atoms with van der Waals surface area (Å²) in [6.45, 7) is 5.50. The van der Waals surface area contributed by atoms with Gasteiger partial charge in [-0.1, -0.05) is 38.1 Å². The van der Waals surface area contributed by atoms with E-state index in [0.717, 1.165) is 11.4 Å². The SMILES string of the molecule is CC(C)c1ccc(C[NH+](C)CC(=O)Nc2ccc(C(N)=O)cc2)cc1. The third-order valence-corrected chi connectivity index (χ3v) is 4.07. The molecule has 0 spiro atoms. The number of hydrogen-bond acceptors (Lipinski definition) is 2. The van der Waals surface area contributed by atoms with Gasteiger partial charge in [-0.05, 0) is 35.7 Å². The van der Waals surface area contributed by atoms with Crippen molar-refractivity contribution in [1.29, 1.82) is 0 Å². The van der Waals surface area contributed by atoms with Gasteiger partial charge in [0, 0.05) is 16.8 Å². The molecule has 0 saturated carbocycles. The average Bonchev–Trinajstić information content (AvgIpc) is 2.55. The highest BCUT2D eigenvalue weighted by molar-refractivity contribution is 5.95. The van der Waals surface area contributed by atoms with E-state index in [1.165, 1.54) is 11.1 Å². The van der Waals surface area contributed by atoms with Crippen molar-refractivity contribution in [2.24, 2.45) is 5.73 Å². The molecule has 5 nitrogen and oxygen atoms in total. The van der Waals surface area contributed by atoms with E-state index in [4.69, 9.17) is 5.73 Å². The second kappa shape index (κ2) is 8.44. The Balaban J connectivity index is 1.86. The first kappa shape index (κ1) is 18.7. The topological polar surface area (TPSA) is 76.6 Å². The molecule has 0 heterocycles. The first-order valence-corrected chi connectivity index (χ1v) is 8.45. The lowest BCUT2D eigenvalue weighted by atomic mass is 10.0. The smallest absolute Gasteiger partial charge is 0.279 e. The Kier molecular flexibility index (Phi) is 6.31. The van der Waals surface area contributed by atoms with E-state index in [1.807, 2.05) is 7.05 Å². The zero-order chi connectivity index (χ0) is 18.4. The number of carbonyl (C=O) groups is 2. The predicted octanol–water partition coefficient (Wildman–Crippen LogP) is 1.56. The number of nitrogens with two attached hydrogens (primary N) is 1. The molecule has 0 aliphatic rings. The van der Waals surface area contributed by atoms with Gasteiger partial charge in [-0.3, -0.25) is 9.59 Å². The van der Waals surface area contributed by atoms with Crippen LogP contribution in [-0.2, 0) is 11.3 Å². The van der Waals surface area contributed by atoms with Crippen LogP contribution in [0.2, 0.25) is 0 Å². The number of hydrogen-bond donors (Lipinski definition) is 3. The number of benzene rings is 2. The lowest BCUT2D eigenvalue weighted by molar-refractivity contribution is -0.885. The molecular formula is C20H26N3O2+. The predicted molar refractivity (Wildman–Crippen MR) is 99.6 cm³/mol. The standard InChI is InChI=1S/C20H25N3O2/c1-14(2)16-6-4-15(5-7-16)12-23(3)13-19(24)22-18-10-8-17(9-11-18)20(21)25/h4-11,14H,12-13H2,1-3H3,(H2,21,25)(H,22,24)/p+1. The van der Waals surface area contributed by atoms with Crippen LogP contribution < -0.4 is 16.0 Å².